The van der Waals surface area contributed by atoms with Gasteiger partial charge in [0.05, 0.1) is 26.2 Å². The van der Waals surface area contributed by atoms with Crippen molar-refractivity contribution in [2.24, 2.45) is 0 Å². The maximum atomic E-state index is 11.3. The second-order valence-electron chi connectivity index (χ2n) is 7.14. The van der Waals surface area contributed by atoms with Crippen molar-refractivity contribution in [3.63, 3.8) is 0 Å². The number of alkyl halides is 1. The van der Waals surface area contributed by atoms with Crippen LogP contribution in [0.2, 0.25) is 0 Å². The van der Waals surface area contributed by atoms with Crippen LogP contribution < -0.4 is 0 Å². The van der Waals surface area contributed by atoms with Crippen molar-refractivity contribution >= 4 is 46.5 Å². The molecule has 0 saturated carbocycles. The Kier molecular flexibility index (Phi) is 12.1. The number of halogens is 1. The Morgan fingerprint density at radius 2 is 1.00 bits per heavy atom. The molecule has 0 aromatic heterocycles. The van der Waals surface area contributed by atoms with Gasteiger partial charge in [-0.25, -0.2) is 0 Å². The molecule has 13 heteroatoms. The molecular weight excluding hydrogens is 515 g/mol. The summed E-state index contributed by atoms with van der Waals surface area (Å²) >= 11 is 2.12. The zero-order chi connectivity index (χ0) is 22.7. The molecule has 0 spiro atoms. The Morgan fingerprint density at radius 3 is 1.40 bits per heavy atom. The van der Waals surface area contributed by atoms with Crippen LogP contribution >= 0.6 is 22.6 Å². The number of carbonyl (C=O) groups is 4. The predicted octanol–water partition coefficient (Wildman–Crippen LogP) is -1.65. The van der Waals surface area contributed by atoms with Crippen LogP contribution in [-0.4, -0.2) is 146 Å². The summed E-state index contributed by atoms with van der Waals surface area (Å²) in [4.78, 5) is 51.8. The Bertz CT molecular complexity index is 608. The molecule has 1 atom stereocenters. The van der Waals surface area contributed by atoms with Gasteiger partial charge in [0, 0.05) is 56.3 Å². The Labute approximate surface area is 188 Å². The van der Waals surface area contributed by atoms with Crippen LogP contribution in [0.1, 0.15) is 0 Å². The minimum atomic E-state index is -1.02. The van der Waals surface area contributed by atoms with Gasteiger partial charge in [-0.1, -0.05) is 22.6 Å². The summed E-state index contributed by atoms with van der Waals surface area (Å²) in [6.07, 6.45) is 0. The largest absolute Gasteiger partial charge is 0.480 e. The van der Waals surface area contributed by atoms with Crippen LogP contribution in [-0.2, 0) is 19.2 Å². The number of nitrogens with zero attached hydrogens (tertiary/aromatic N) is 4. The van der Waals surface area contributed by atoms with Crippen molar-refractivity contribution in [3.05, 3.63) is 0 Å². The third-order valence-corrected chi connectivity index (χ3v) is 5.76. The summed E-state index contributed by atoms with van der Waals surface area (Å²) in [5, 5.41) is 36.8. The minimum Gasteiger partial charge on any atom is -0.480 e. The molecular formula is C17H29IN4O8. The quantitative estimate of drug-likeness (QED) is 0.194. The van der Waals surface area contributed by atoms with E-state index in [1.165, 1.54) is 0 Å². The van der Waals surface area contributed by atoms with Gasteiger partial charge in [0.1, 0.15) is 0 Å². The molecule has 1 aliphatic rings. The molecule has 30 heavy (non-hydrogen) atoms. The van der Waals surface area contributed by atoms with E-state index in [0.29, 0.717) is 50.2 Å². The van der Waals surface area contributed by atoms with Crippen molar-refractivity contribution < 1.29 is 39.6 Å². The molecule has 0 aromatic rings. The number of hydrogen-bond acceptors (Lipinski definition) is 8. The van der Waals surface area contributed by atoms with E-state index in [1.807, 2.05) is 0 Å². The molecule has 1 aliphatic heterocycles. The molecule has 0 amide bonds. The zero-order valence-electron chi connectivity index (χ0n) is 16.7. The van der Waals surface area contributed by atoms with Crippen LogP contribution in [0.3, 0.4) is 0 Å². The van der Waals surface area contributed by atoms with Gasteiger partial charge in [-0.15, -0.1) is 0 Å². The number of rotatable bonds is 9. The molecule has 0 aliphatic carbocycles. The molecule has 0 aromatic carbocycles. The van der Waals surface area contributed by atoms with E-state index in [9.17, 15) is 34.5 Å². The lowest BCUT2D eigenvalue weighted by Crippen LogP contribution is -2.53. The summed E-state index contributed by atoms with van der Waals surface area (Å²) in [6, 6.07) is -0.250. The molecule has 1 unspecified atom stereocenters. The lowest BCUT2D eigenvalue weighted by atomic mass is 10.2. The van der Waals surface area contributed by atoms with E-state index in [1.54, 1.807) is 19.6 Å². The maximum Gasteiger partial charge on any atom is 0.317 e. The SMILES string of the molecule is O=C(O)CN1CCN(CC(=O)O)CCN(CC(=O)O)C(CI)CN(CC(=O)O)CC1. The average molecular weight is 544 g/mol. The predicted molar refractivity (Wildman–Crippen MR) is 114 cm³/mol. The van der Waals surface area contributed by atoms with Crippen LogP contribution in [0.25, 0.3) is 0 Å². The van der Waals surface area contributed by atoms with Gasteiger partial charge >= 0.3 is 23.9 Å². The fraction of sp³-hybridized carbons (Fsp3) is 0.765. The van der Waals surface area contributed by atoms with Gasteiger partial charge in [-0.2, -0.15) is 0 Å². The lowest BCUT2D eigenvalue weighted by molar-refractivity contribution is -0.141. The molecule has 172 valence electrons. The van der Waals surface area contributed by atoms with Gasteiger partial charge in [0.2, 0.25) is 0 Å². The van der Waals surface area contributed by atoms with E-state index in [0.717, 1.165) is 0 Å². The Morgan fingerprint density at radius 1 is 0.633 bits per heavy atom. The average Bonchev–Trinajstić information content (AvgIpc) is 2.61. The third kappa shape index (κ3) is 11.0. The van der Waals surface area contributed by atoms with E-state index < -0.39 is 23.9 Å². The van der Waals surface area contributed by atoms with Crippen LogP contribution in [0, 0.1) is 0 Å². The highest BCUT2D eigenvalue weighted by Gasteiger charge is 2.26. The van der Waals surface area contributed by atoms with E-state index >= 15 is 0 Å². The van der Waals surface area contributed by atoms with Crippen molar-refractivity contribution in [2.45, 2.75) is 6.04 Å². The number of aliphatic carboxylic acids is 4. The molecule has 1 saturated heterocycles. The number of hydrogen-bond donors (Lipinski definition) is 4. The van der Waals surface area contributed by atoms with Crippen LogP contribution in [0.4, 0.5) is 0 Å². The normalized spacial score (nSPS) is 21.4. The summed E-state index contributed by atoms with van der Waals surface area (Å²) in [7, 11) is 0. The van der Waals surface area contributed by atoms with Gasteiger partial charge in [-0.05, 0) is 0 Å². The van der Waals surface area contributed by atoms with E-state index in [-0.39, 0.29) is 32.2 Å². The van der Waals surface area contributed by atoms with E-state index in [4.69, 9.17) is 5.11 Å². The zero-order valence-corrected chi connectivity index (χ0v) is 18.8. The maximum absolute atomic E-state index is 11.3. The molecule has 0 bridgehead atoms. The summed E-state index contributed by atoms with van der Waals surface area (Å²) < 4.78 is 0.554. The second-order valence-corrected chi connectivity index (χ2v) is 8.02. The highest BCUT2D eigenvalue weighted by molar-refractivity contribution is 14.1. The van der Waals surface area contributed by atoms with Gasteiger partial charge < -0.3 is 20.4 Å². The monoisotopic (exact) mass is 544 g/mol. The van der Waals surface area contributed by atoms with Crippen molar-refractivity contribution in [1.29, 1.82) is 0 Å². The summed E-state index contributed by atoms with van der Waals surface area (Å²) in [6.45, 7) is 1.16. The van der Waals surface area contributed by atoms with Gasteiger partial charge in [0.25, 0.3) is 0 Å². The first kappa shape index (κ1) is 26.5. The first-order valence-electron chi connectivity index (χ1n) is 9.45. The highest BCUT2D eigenvalue weighted by atomic mass is 127. The topological polar surface area (TPSA) is 162 Å². The number of carboxylic acid groups (broad SMARTS) is 4. The molecule has 1 fully saturated rings. The minimum absolute atomic E-state index is 0.233. The van der Waals surface area contributed by atoms with E-state index in [2.05, 4.69) is 22.6 Å². The van der Waals surface area contributed by atoms with Crippen molar-refractivity contribution in [1.82, 2.24) is 19.6 Å². The third-order valence-electron chi connectivity index (χ3n) is 4.75. The first-order chi connectivity index (χ1) is 14.1. The Hall–Kier alpha value is -1.55. The fourth-order valence-corrected chi connectivity index (χ4v) is 4.14. The standard InChI is InChI=1S/C17H29IN4O8/c18-7-13-8-21(11-16(27)28)4-3-19(9-14(23)24)1-2-20(10-15(25)26)5-6-22(13)12-17(29)30/h13H,1-12H2,(H,23,24)(H,25,26)(H,27,28)(H,29,30). The second kappa shape index (κ2) is 13.7. The van der Waals surface area contributed by atoms with Gasteiger partial charge in [-0.3, -0.25) is 38.8 Å². The van der Waals surface area contributed by atoms with Crippen molar-refractivity contribution in [3.8, 4) is 0 Å². The van der Waals surface area contributed by atoms with Crippen molar-refractivity contribution in [2.75, 3.05) is 76.4 Å². The molecule has 4 N–H and O–H groups in total. The molecule has 0 radical (unpaired) electrons. The van der Waals surface area contributed by atoms with Gasteiger partial charge in [0.15, 0.2) is 0 Å². The number of carboxylic acids is 4. The lowest BCUT2D eigenvalue weighted by Gasteiger charge is -2.36. The molecule has 1 heterocycles. The summed E-state index contributed by atoms with van der Waals surface area (Å²) in [5.74, 6) is -4.07. The highest BCUT2D eigenvalue weighted by Crippen LogP contribution is 2.09. The van der Waals surface area contributed by atoms with Crippen LogP contribution in [0.5, 0.6) is 0 Å². The molecule has 12 nitrogen and oxygen atoms in total. The smallest absolute Gasteiger partial charge is 0.317 e. The summed E-state index contributed by atoms with van der Waals surface area (Å²) in [5.41, 5.74) is 0. The Balaban J connectivity index is 3.09. The fourth-order valence-electron chi connectivity index (χ4n) is 3.31. The first-order valence-corrected chi connectivity index (χ1v) is 11.0. The van der Waals surface area contributed by atoms with Crippen LogP contribution in [0.15, 0.2) is 0 Å². The molecule has 1 rings (SSSR count).